The van der Waals surface area contributed by atoms with Crippen molar-refractivity contribution < 1.29 is 22.4 Å². The van der Waals surface area contributed by atoms with Crippen molar-refractivity contribution in [1.29, 1.82) is 0 Å². The Hall–Kier alpha value is -1.80. The van der Waals surface area contributed by atoms with Crippen LogP contribution in [0.25, 0.3) is 11.4 Å². The monoisotopic (exact) mass is 328 g/mol. The smallest absolute Gasteiger partial charge is 0.242 e. The molecular formula is C14H17FN2O4S. The molecule has 0 saturated heterocycles. The van der Waals surface area contributed by atoms with Crippen molar-refractivity contribution in [3.63, 3.8) is 0 Å². The number of halogens is 1. The third-order valence-electron chi connectivity index (χ3n) is 3.09. The van der Waals surface area contributed by atoms with Crippen molar-refractivity contribution in [2.45, 2.75) is 19.6 Å². The van der Waals surface area contributed by atoms with Crippen LogP contribution in [0.3, 0.4) is 0 Å². The molecule has 120 valence electrons. The fourth-order valence-corrected chi connectivity index (χ4v) is 3.48. The molecule has 0 saturated carbocycles. The molecule has 8 heteroatoms. The summed E-state index contributed by atoms with van der Waals surface area (Å²) < 4.78 is 42.3. The van der Waals surface area contributed by atoms with E-state index in [0.29, 0.717) is 11.1 Å². The molecule has 1 N–H and O–H groups in total. The molecule has 0 fully saturated rings. The fraction of sp³-hybridized carbons (Fsp3) is 0.429. The minimum Gasteiger partial charge on any atom is -0.396 e. The summed E-state index contributed by atoms with van der Waals surface area (Å²) in [6.45, 7) is 3.05. The lowest BCUT2D eigenvalue weighted by Crippen LogP contribution is -2.18. The second-order valence-corrected chi connectivity index (χ2v) is 7.43. The molecule has 1 aromatic carbocycles. The lowest BCUT2D eigenvalue weighted by Gasteiger charge is -2.06. The first kappa shape index (κ1) is 16.6. The lowest BCUT2D eigenvalue weighted by molar-refractivity contribution is 0.249. The van der Waals surface area contributed by atoms with Crippen LogP contribution in [0.1, 0.15) is 18.4 Å². The summed E-state index contributed by atoms with van der Waals surface area (Å²) in [4.78, 5) is 3.98. The summed E-state index contributed by atoms with van der Waals surface area (Å²) in [5, 5.41) is 12.6. The standard InChI is InChI=1S/C14H17FN2O4S/c1-9(6-18)7-22(19,20)8-13-16-14(17-21-13)11-4-3-10(2)12(15)5-11/h3-5,9,18H,6-8H2,1-2H3. The van der Waals surface area contributed by atoms with Gasteiger partial charge in [-0.2, -0.15) is 4.98 Å². The van der Waals surface area contributed by atoms with Gasteiger partial charge in [-0.15, -0.1) is 0 Å². The number of benzene rings is 1. The average molecular weight is 328 g/mol. The van der Waals surface area contributed by atoms with Crippen LogP contribution in [0.2, 0.25) is 0 Å². The Morgan fingerprint density at radius 2 is 2.14 bits per heavy atom. The van der Waals surface area contributed by atoms with Crippen LogP contribution in [0.5, 0.6) is 0 Å². The van der Waals surface area contributed by atoms with Crippen molar-refractivity contribution in [2.24, 2.45) is 5.92 Å². The molecule has 0 aliphatic heterocycles. The van der Waals surface area contributed by atoms with Crippen LogP contribution < -0.4 is 0 Å². The van der Waals surface area contributed by atoms with E-state index in [2.05, 4.69) is 10.1 Å². The molecule has 0 aliphatic rings. The zero-order chi connectivity index (χ0) is 16.3. The number of aliphatic hydroxyl groups excluding tert-OH is 1. The number of hydrogen-bond acceptors (Lipinski definition) is 6. The second-order valence-electron chi connectivity index (χ2n) is 5.32. The third-order valence-corrected chi connectivity index (χ3v) is 4.86. The van der Waals surface area contributed by atoms with Gasteiger partial charge in [0.15, 0.2) is 9.84 Å². The van der Waals surface area contributed by atoms with E-state index in [1.54, 1.807) is 26.0 Å². The van der Waals surface area contributed by atoms with Crippen molar-refractivity contribution in [2.75, 3.05) is 12.4 Å². The lowest BCUT2D eigenvalue weighted by atomic mass is 10.1. The van der Waals surface area contributed by atoms with Gasteiger partial charge in [0.2, 0.25) is 11.7 Å². The Bertz CT molecular complexity index is 758. The van der Waals surface area contributed by atoms with Gasteiger partial charge >= 0.3 is 0 Å². The minimum absolute atomic E-state index is 0.0545. The van der Waals surface area contributed by atoms with Gasteiger partial charge in [-0.25, -0.2) is 12.8 Å². The Labute approximate surface area is 127 Å². The number of aliphatic hydroxyl groups is 1. The van der Waals surface area contributed by atoms with E-state index in [9.17, 15) is 12.8 Å². The van der Waals surface area contributed by atoms with Crippen molar-refractivity contribution in [3.05, 3.63) is 35.5 Å². The van der Waals surface area contributed by atoms with E-state index in [0.717, 1.165) is 0 Å². The second kappa shape index (κ2) is 6.53. The van der Waals surface area contributed by atoms with Gasteiger partial charge in [0.1, 0.15) is 11.6 Å². The first-order chi connectivity index (χ1) is 10.3. The first-order valence-electron chi connectivity index (χ1n) is 6.71. The summed E-state index contributed by atoms with van der Waals surface area (Å²) in [6.07, 6.45) is 0. The van der Waals surface area contributed by atoms with E-state index in [4.69, 9.17) is 9.63 Å². The van der Waals surface area contributed by atoms with E-state index < -0.39 is 21.4 Å². The molecule has 0 spiro atoms. The Kier molecular flexibility index (Phi) is 4.92. The zero-order valence-electron chi connectivity index (χ0n) is 12.3. The zero-order valence-corrected chi connectivity index (χ0v) is 13.1. The SMILES string of the molecule is Cc1ccc(-c2noc(CS(=O)(=O)CC(C)CO)n2)cc1F. The normalized spacial score (nSPS) is 13.3. The quantitative estimate of drug-likeness (QED) is 0.868. The predicted octanol–water partition coefficient (Wildman–Crippen LogP) is 1.73. The number of hydrogen-bond donors (Lipinski definition) is 1. The molecule has 0 amide bonds. The topological polar surface area (TPSA) is 93.3 Å². The number of nitrogens with zero attached hydrogens (tertiary/aromatic N) is 2. The fourth-order valence-electron chi connectivity index (χ4n) is 1.90. The number of sulfone groups is 1. The highest BCUT2D eigenvalue weighted by Gasteiger charge is 2.20. The maximum Gasteiger partial charge on any atom is 0.242 e. The molecule has 2 rings (SSSR count). The number of aromatic nitrogens is 2. The summed E-state index contributed by atoms with van der Waals surface area (Å²) in [5.74, 6) is -1.24. The summed E-state index contributed by atoms with van der Waals surface area (Å²) in [7, 11) is -3.46. The molecule has 1 heterocycles. The highest BCUT2D eigenvalue weighted by Crippen LogP contribution is 2.20. The first-order valence-corrected chi connectivity index (χ1v) is 8.53. The molecule has 1 unspecified atom stereocenters. The number of aryl methyl sites for hydroxylation is 1. The van der Waals surface area contributed by atoms with E-state index in [1.165, 1.54) is 6.07 Å². The minimum atomic E-state index is -3.46. The summed E-state index contributed by atoms with van der Waals surface area (Å²) >= 11 is 0. The van der Waals surface area contributed by atoms with Crippen LogP contribution in [0.4, 0.5) is 4.39 Å². The van der Waals surface area contributed by atoms with Gasteiger partial charge in [-0.1, -0.05) is 24.2 Å². The van der Waals surface area contributed by atoms with Gasteiger partial charge in [0.05, 0.1) is 5.75 Å². The maximum atomic E-state index is 13.5. The molecule has 22 heavy (non-hydrogen) atoms. The largest absolute Gasteiger partial charge is 0.396 e. The Morgan fingerprint density at radius 1 is 1.41 bits per heavy atom. The highest BCUT2D eigenvalue weighted by atomic mass is 32.2. The number of rotatable bonds is 6. The summed E-state index contributed by atoms with van der Waals surface area (Å²) in [6, 6.07) is 4.49. The molecule has 2 aromatic rings. The van der Waals surface area contributed by atoms with Gasteiger partial charge in [-0.05, 0) is 24.5 Å². The molecule has 1 atom stereocenters. The van der Waals surface area contributed by atoms with Crippen molar-refractivity contribution in [3.8, 4) is 11.4 Å². The van der Waals surface area contributed by atoms with Crippen molar-refractivity contribution >= 4 is 9.84 Å². The van der Waals surface area contributed by atoms with Crippen LogP contribution in [0.15, 0.2) is 22.7 Å². The highest BCUT2D eigenvalue weighted by molar-refractivity contribution is 7.90. The third kappa shape index (κ3) is 4.11. The van der Waals surface area contributed by atoms with Gasteiger partial charge in [0.25, 0.3) is 0 Å². The van der Waals surface area contributed by atoms with Crippen LogP contribution in [0, 0.1) is 18.7 Å². The van der Waals surface area contributed by atoms with E-state index >= 15 is 0 Å². The molecule has 0 radical (unpaired) electrons. The molecule has 0 bridgehead atoms. The molecule has 0 aliphatic carbocycles. The summed E-state index contributed by atoms with van der Waals surface area (Å²) in [5.41, 5.74) is 0.910. The van der Waals surface area contributed by atoms with Gasteiger partial charge < -0.3 is 9.63 Å². The van der Waals surface area contributed by atoms with Gasteiger partial charge in [-0.3, -0.25) is 0 Å². The predicted molar refractivity (Wildman–Crippen MR) is 78.2 cm³/mol. The van der Waals surface area contributed by atoms with Crippen LogP contribution in [-0.4, -0.2) is 36.0 Å². The van der Waals surface area contributed by atoms with Crippen LogP contribution >= 0.6 is 0 Å². The van der Waals surface area contributed by atoms with Crippen molar-refractivity contribution in [1.82, 2.24) is 10.1 Å². The Morgan fingerprint density at radius 3 is 2.77 bits per heavy atom. The maximum absolute atomic E-state index is 13.5. The Balaban J connectivity index is 2.16. The molecular weight excluding hydrogens is 311 g/mol. The van der Waals surface area contributed by atoms with Gasteiger partial charge in [0, 0.05) is 12.2 Å². The van der Waals surface area contributed by atoms with E-state index in [1.807, 2.05) is 0 Å². The van der Waals surface area contributed by atoms with E-state index in [-0.39, 0.29) is 30.0 Å². The molecule has 1 aromatic heterocycles. The molecule has 6 nitrogen and oxygen atoms in total. The van der Waals surface area contributed by atoms with Crippen LogP contribution in [-0.2, 0) is 15.6 Å². The average Bonchev–Trinajstić information content (AvgIpc) is 2.88.